The fraction of sp³-hybridized carbons (Fsp3) is 0.0169. The minimum Gasteiger partial charge on any atom is -0.228 e. The topological polar surface area (TPSA) is 25.8 Å². The van der Waals surface area contributed by atoms with Crippen LogP contribution >= 0.6 is 0 Å². The van der Waals surface area contributed by atoms with Crippen molar-refractivity contribution in [2.45, 2.75) is 5.41 Å². The van der Waals surface area contributed by atoms with Crippen LogP contribution in [0.3, 0.4) is 0 Å². The molecule has 10 aromatic rings. The smallest absolute Gasteiger partial charge is 0.160 e. The van der Waals surface area contributed by atoms with Gasteiger partial charge in [-0.05, 0) is 102 Å². The Morgan fingerprint density at radius 3 is 1.18 bits per heavy atom. The molecule has 0 unspecified atom stereocenters. The summed E-state index contributed by atoms with van der Waals surface area (Å²) in [6.45, 7) is 0. The zero-order valence-corrected chi connectivity index (χ0v) is 33.3. The number of aromatic nitrogens is 2. The van der Waals surface area contributed by atoms with Gasteiger partial charge in [-0.1, -0.05) is 206 Å². The van der Waals surface area contributed by atoms with Gasteiger partial charge in [-0.25, -0.2) is 9.97 Å². The van der Waals surface area contributed by atoms with E-state index in [1.807, 2.05) is 12.1 Å². The molecule has 2 heteroatoms. The van der Waals surface area contributed by atoms with Crippen molar-refractivity contribution in [3.05, 3.63) is 253 Å². The highest BCUT2D eigenvalue weighted by molar-refractivity contribution is 5.96. The average molecular weight is 775 g/mol. The average Bonchev–Trinajstić information content (AvgIpc) is 3.82. The third-order valence-corrected chi connectivity index (χ3v) is 12.7. The summed E-state index contributed by atoms with van der Waals surface area (Å²) in [7, 11) is 0. The number of fused-ring (bicyclic) bond motifs is 10. The Hall–Kier alpha value is -7.94. The van der Waals surface area contributed by atoms with E-state index in [9.17, 15) is 0 Å². The Morgan fingerprint density at radius 1 is 0.230 bits per heavy atom. The molecule has 1 spiro atoms. The molecule has 0 radical (unpaired) electrons. The summed E-state index contributed by atoms with van der Waals surface area (Å²) in [5.74, 6) is 0.704. The van der Waals surface area contributed by atoms with Gasteiger partial charge in [0.2, 0.25) is 0 Å². The lowest BCUT2D eigenvalue weighted by molar-refractivity contribution is 0.794. The van der Waals surface area contributed by atoms with Crippen LogP contribution in [0.25, 0.3) is 89.5 Å². The molecular formula is C59H38N2. The predicted molar refractivity (Wildman–Crippen MR) is 251 cm³/mol. The van der Waals surface area contributed by atoms with E-state index in [-0.39, 0.29) is 5.41 Å². The van der Waals surface area contributed by atoms with Crippen LogP contribution in [0.1, 0.15) is 22.3 Å². The molecule has 0 aliphatic heterocycles. The molecule has 0 saturated carbocycles. The highest BCUT2D eigenvalue weighted by Gasteiger charge is 2.51. The van der Waals surface area contributed by atoms with Crippen LogP contribution in [0.4, 0.5) is 0 Å². The van der Waals surface area contributed by atoms with Gasteiger partial charge in [0.15, 0.2) is 5.82 Å². The lowest BCUT2D eigenvalue weighted by Crippen LogP contribution is -2.25. The number of benzene rings is 9. The van der Waals surface area contributed by atoms with Gasteiger partial charge in [-0.15, -0.1) is 0 Å². The fourth-order valence-corrected chi connectivity index (χ4v) is 9.94. The summed E-state index contributed by atoms with van der Waals surface area (Å²) >= 11 is 0. The van der Waals surface area contributed by atoms with Crippen molar-refractivity contribution in [2.75, 3.05) is 0 Å². The van der Waals surface area contributed by atoms with Gasteiger partial charge in [0, 0.05) is 16.7 Å². The lowest BCUT2D eigenvalue weighted by Gasteiger charge is -2.30. The number of rotatable bonds is 6. The second kappa shape index (κ2) is 14.1. The maximum Gasteiger partial charge on any atom is 0.160 e. The highest BCUT2D eigenvalue weighted by atomic mass is 14.9. The van der Waals surface area contributed by atoms with Crippen molar-refractivity contribution < 1.29 is 0 Å². The van der Waals surface area contributed by atoms with Gasteiger partial charge in [-0.3, -0.25) is 0 Å². The summed E-state index contributed by atoms with van der Waals surface area (Å²) in [5, 5.41) is 0. The van der Waals surface area contributed by atoms with Gasteiger partial charge >= 0.3 is 0 Å². The van der Waals surface area contributed by atoms with E-state index < -0.39 is 0 Å². The van der Waals surface area contributed by atoms with Crippen molar-refractivity contribution in [2.24, 2.45) is 0 Å². The Kier molecular flexibility index (Phi) is 8.11. The van der Waals surface area contributed by atoms with Crippen LogP contribution in [0.15, 0.2) is 231 Å². The summed E-state index contributed by atoms with van der Waals surface area (Å²) in [6.07, 6.45) is 0. The molecule has 0 N–H and O–H groups in total. The Morgan fingerprint density at radius 2 is 0.590 bits per heavy atom. The largest absolute Gasteiger partial charge is 0.228 e. The monoisotopic (exact) mass is 774 g/mol. The van der Waals surface area contributed by atoms with Crippen LogP contribution in [0, 0.1) is 0 Å². The van der Waals surface area contributed by atoms with E-state index in [4.69, 9.17) is 9.97 Å². The first-order valence-corrected chi connectivity index (χ1v) is 21.0. The molecule has 61 heavy (non-hydrogen) atoms. The first-order valence-electron chi connectivity index (χ1n) is 21.0. The van der Waals surface area contributed by atoms with Crippen LogP contribution in [0.2, 0.25) is 0 Å². The van der Waals surface area contributed by atoms with Gasteiger partial charge < -0.3 is 0 Å². The molecular weight excluding hydrogens is 737 g/mol. The van der Waals surface area contributed by atoms with Crippen molar-refractivity contribution >= 4 is 0 Å². The van der Waals surface area contributed by atoms with Gasteiger partial charge in [0.1, 0.15) is 0 Å². The molecule has 0 amide bonds. The van der Waals surface area contributed by atoms with Crippen molar-refractivity contribution in [3.63, 3.8) is 0 Å². The summed E-state index contributed by atoms with van der Waals surface area (Å²) in [6, 6.07) is 83.3. The Balaban J connectivity index is 0.905. The minimum absolute atomic E-state index is 0.334. The third-order valence-electron chi connectivity index (χ3n) is 12.7. The number of hydrogen-bond acceptors (Lipinski definition) is 2. The zero-order chi connectivity index (χ0) is 40.3. The highest BCUT2D eigenvalue weighted by Crippen LogP contribution is 2.63. The molecule has 1 heterocycles. The van der Waals surface area contributed by atoms with Crippen LogP contribution in [-0.2, 0) is 5.41 Å². The molecule has 12 rings (SSSR count). The summed E-state index contributed by atoms with van der Waals surface area (Å²) < 4.78 is 0. The zero-order valence-electron chi connectivity index (χ0n) is 33.3. The number of hydrogen-bond donors (Lipinski definition) is 0. The van der Waals surface area contributed by atoms with E-state index in [0.29, 0.717) is 5.82 Å². The van der Waals surface area contributed by atoms with Crippen LogP contribution in [-0.4, -0.2) is 9.97 Å². The van der Waals surface area contributed by atoms with Gasteiger partial charge in [-0.2, -0.15) is 0 Å². The third kappa shape index (κ3) is 5.64. The molecule has 284 valence electrons. The van der Waals surface area contributed by atoms with E-state index in [2.05, 4.69) is 218 Å². The van der Waals surface area contributed by atoms with E-state index in [1.54, 1.807) is 0 Å². The van der Waals surface area contributed by atoms with E-state index in [0.717, 1.165) is 39.2 Å². The maximum absolute atomic E-state index is 5.18. The Labute approximate surface area is 356 Å². The maximum atomic E-state index is 5.18. The molecule has 0 fully saturated rings. The van der Waals surface area contributed by atoms with Crippen LogP contribution < -0.4 is 0 Å². The molecule has 0 bridgehead atoms. The lowest BCUT2D eigenvalue weighted by atomic mass is 9.70. The molecule has 0 saturated heterocycles. The van der Waals surface area contributed by atoms with Crippen molar-refractivity contribution in [1.82, 2.24) is 9.97 Å². The van der Waals surface area contributed by atoms with Crippen molar-refractivity contribution in [3.8, 4) is 89.5 Å². The minimum atomic E-state index is -0.334. The van der Waals surface area contributed by atoms with E-state index >= 15 is 0 Å². The normalized spacial score (nSPS) is 12.7. The van der Waals surface area contributed by atoms with E-state index in [1.165, 1.54) is 66.8 Å². The molecule has 0 atom stereocenters. The van der Waals surface area contributed by atoms with Gasteiger partial charge in [0.05, 0.1) is 16.8 Å². The first-order chi connectivity index (χ1) is 30.2. The second-order valence-corrected chi connectivity index (χ2v) is 16.1. The quantitative estimate of drug-likeness (QED) is 0.168. The molecule has 1 aromatic heterocycles. The van der Waals surface area contributed by atoms with Gasteiger partial charge in [0.25, 0.3) is 0 Å². The molecule has 2 nitrogen and oxygen atoms in total. The standard InChI is InChI=1S/C59H38N2/c1-3-15-39(16-4-1)44-20-14-22-47(36-44)58-60-56(41-17-5-2-6-18-41)38-57(61-58)42-31-29-40(30-32-42)43-19-13-21-45(35-43)46-33-34-55-51(37-46)50-25-9-12-28-54(50)59(55)52-26-10-7-23-48(52)49-24-8-11-27-53(49)59/h1-38H. The Bertz CT molecular complexity index is 3250. The molecule has 2 aliphatic carbocycles. The number of nitrogens with zero attached hydrogens (tertiary/aromatic N) is 2. The summed E-state index contributed by atoms with van der Waals surface area (Å²) in [5.41, 5.74) is 22.3. The second-order valence-electron chi connectivity index (χ2n) is 16.1. The molecule has 2 aliphatic rings. The van der Waals surface area contributed by atoms with Crippen LogP contribution in [0.5, 0.6) is 0 Å². The molecule has 9 aromatic carbocycles. The van der Waals surface area contributed by atoms with Crippen molar-refractivity contribution in [1.29, 1.82) is 0 Å². The first kappa shape index (κ1) is 35.0. The SMILES string of the molecule is c1ccc(-c2cccc(-c3nc(-c4ccccc4)cc(-c4ccc(-c5cccc(-c6ccc7c(c6)-c6ccccc6C76c7ccccc7-c7ccccc76)c5)cc4)n3)c2)cc1. The fourth-order valence-electron chi connectivity index (χ4n) is 9.94. The summed E-state index contributed by atoms with van der Waals surface area (Å²) in [4.78, 5) is 10.3. The predicted octanol–water partition coefficient (Wildman–Crippen LogP) is 14.8.